The maximum absolute atomic E-state index is 13.9. The first-order valence-electron chi connectivity index (χ1n) is 6.24. The lowest BCUT2D eigenvalue weighted by Crippen LogP contribution is -2.05. The van der Waals surface area contributed by atoms with Crippen molar-refractivity contribution in [1.82, 2.24) is 0 Å². The number of nitrogens with one attached hydrogen (secondary N) is 1. The molecule has 0 saturated carbocycles. The molecule has 0 fully saturated rings. The number of carbonyl (C=O) groups is 1. The Balaban J connectivity index is 2.22. The summed E-state index contributed by atoms with van der Waals surface area (Å²) < 4.78 is 19.3. The van der Waals surface area contributed by atoms with Crippen molar-refractivity contribution < 1.29 is 24.1 Å². The zero-order valence-corrected chi connectivity index (χ0v) is 13.1. The number of phenolic OH excluding ortho intramolecular Hbond substituents is 1. The predicted octanol–water partition coefficient (Wildman–Crippen LogP) is 3.61. The number of aromatic hydroxyl groups is 1. The van der Waals surface area contributed by atoms with Crippen LogP contribution in [0.25, 0.3) is 0 Å². The van der Waals surface area contributed by atoms with Crippen LogP contribution in [0.1, 0.15) is 15.9 Å². The number of halogens is 2. The molecule has 0 radical (unpaired) electrons. The molecule has 2 rings (SSSR count). The van der Waals surface area contributed by atoms with Gasteiger partial charge in [0.15, 0.2) is 0 Å². The molecular weight excluding hydrogens is 357 g/mol. The lowest BCUT2D eigenvalue weighted by Gasteiger charge is -2.12. The SMILES string of the molecule is COc1cc(O)ccc1CNc1cc(Br)c(C(=O)O)cc1F. The molecule has 0 amide bonds. The molecule has 0 atom stereocenters. The molecule has 7 heteroatoms. The average molecular weight is 370 g/mol. The van der Waals surface area contributed by atoms with Gasteiger partial charge in [-0.1, -0.05) is 0 Å². The third-order valence-corrected chi connectivity index (χ3v) is 3.68. The zero-order valence-electron chi connectivity index (χ0n) is 11.6. The number of phenols is 1. The second-order valence-corrected chi connectivity index (χ2v) is 5.32. The maximum atomic E-state index is 13.9. The number of benzene rings is 2. The van der Waals surface area contributed by atoms with Gasteiger partial charge in [0.25, 0.3) is 0 Å². The molecular formula is C15H13BrFNO4. The molecule has 2 aromatic rings. The minimum Gasteiger partial charge on any atom is -0.508 e. The molecule has 0 aliphatic heterocycles. The fraction of sp³-hybridized carbons (Fsp3) is 0.133. The van der Waals surface area contributed by atoms with Crippen LogP contribution in [0.15, 0.2) is 34.8 Å². The van der Waals surface area contributed by atoms with E-state index in [1.807, 2.05) is 0 Å². The van der Waals surface area contributed by atoms with Crippen LogP contribution < -0.4 is 10.1 Å². The number of methoxy groups -OCH3 is 1. The Labute approximate surface area is 134 Å². The summed E-state index contributed by atoms with van der Waals surface area (Å²) >= 11 is 3.10. The van der Waals surface area contributed by atoms with Crippen molar-refractivity contribution >= 4 is 27.6 Å². The molecule has 0 bridgehead atoms. The largest absolute Gasteiger partial charge is 0.508 e. The highest BCUT2D eigenvalue weighted by Gasteiger charge is 2.14. The van der Waals surface area contributed by atoms with E-state index >= 15 is 0 Å². The molecule has 0 aromatic heterocycles. The van der Waals surface area contributed by atoms with Gasteiger partial charge < -0.3 is 20.3 Å². The highest BCUT2D eigenvalue weighted by Crippen LogP contribution is 2.28. The van der Waals surface area contributed by atoms with Crippen LogP contribution in [0.5, 0.6) is 11.5 Å². The maximum Gasteiger partial charge on any atom is 0.336 e. The van der Waals surface area contributed by atoms with Gasteiger partial charge in [0.2, 0.25) is 0 Å². The monoisotopic (exact) mass is 369 g/mol. The predicted molar refractivity (Wildman–Crippen MR) is 83.0 cm³/mol. The highest BCUT2D eigenvalue weighted by molar-refractivity contribution is 9.10. The average Bonchev–Trinajstić information content (AvgIpc) is 2.48. The van der Waals surface area contributed by atoms with Crippen molar-refractivity contribution in [3.8, 4) is 11.5 Å². The minimum absolute atomic E-state index is 0.0698. The number of hydrogen-bond acceptors (Lipinski definition) is 4. The van der Waals surface area contributed by atoms with Crippen LogP contribution in [-0.2, 0) is 6.54 Å². The third kappa shape index (κ3) is 3.48. The molecule has 2 aromatic carbocycles. The Morgan fingerprint density at radius 1 is 1.36 bits per heavy atom. The normalized spacial score (nSPS) is 10.3. The fourth-order valence-corrected chi connectivity index (χ4v) is 2.43. The Hall–Kier alpha value is -2.28. The Kier molecular flexibility index (Phi) is 4.87. The minimum atomic E-state index is -1.21. The van der Waals surface area contributed by atoms with Crippen molar-refractivity contribution in [2.24, 2.45) is 0 Å². The molecule has 116 valence electrons. The van der Waals surface area contributed by atoms with E-state index in [1.54, 1.807) is 6.07 Å². The molecule has 0 aliphatic rings. The summed E-state index contributed by atoms with van der Waals surface area (Å²) in [6.07, 6.45) is 0. The summed E-state index contributed by atoms with van der Waals surface area (Å²) in [6, 6.07) is 6.92. The first-order valence-corrected chi connectivity index (χ1v) is 7.03. The summed E-state index contributed by atoms with van der Waals surface area (Å²) in [7, 11) is 1.47. The van der Waals surface area contributed by atoms with Crippen LogP contribution in [0.3, 0.4) is 0 Å². The molecule has 0 unspecified atom stereocenters. The summed E-state index contributed by atoms with van der Waals surface area (Å²) in [4.78, 5) is 10.9. The van der Waals surface area contributed by atoms with Gasteiger partial charge in [0.05, 0.1) is 18.4 Å². The van der Waals surface area contributed by atoms with Gasteiger partial charge in [-0.2, -0.15) is 0 Å². The van der Waals surface area contributed by atoms with E-state index in [0.29, 0.717) is 5.75 Å². The molecule has 0 spiro atoms. The first kappa shape index (κ1) is 16.1. The number of hydrogen-bond donors (Lipinski definition) is 3. The van der Waals surface area contributed by atoms with Crippen molar-refractivity contribution in [2.45, 2.75) is 6.54 Å². The van der Waals surface area contributed by atoms with Gasteiger partial charge in [0, 0.05) is 22.6 Å². The van der Waals surface area contributed by atoms with Gasteiger partial charge in [-0.05, 0) is 40.2 Å². The van der Waals surface area contributed by atoms with Crippen molar-refractivity contribution in [2.75, 3.05) is 12.4 Å². The second kappa shape index (κ2) is 6.65. The van der Waals surface area contributed by atoms with Crippen LogP contribution in [0.2, 0.25) is 0 Å². The van der Waals surface area contributed by atoms with Gasteiger partial charge >= 0.3 is 5.97 Å². The second-order valence-electron chi connectivity index (χ2n) is 4.47. The summed E-state index contributed by atoms with van der Waals surface area (Å²) in [5, 5.41) is 21.2. The number of carboxylic acids is 1. The number of rotatable bonds is 5. The van der Waals surface area contributed by atoms with Crippen LogP contribution >= 0.6 is 15.9 Å². The standard InChI is InChI=1S/C15H13BrFNO4/c1-22-14-4-9(19)3-2-8(14)7-18-13-6-11(16)10(15(20)21)5-12(13)17/h2-6,18-19H,7H2,1H3,(H,20,21). The van der Waals surface area contributed by atoms with Crippen molar-refractivity contribution in [3.63, 3.8) is 0 Å². The van der Waals surface area contributed by atoms with E-state index in [1.165, 1.54) is 25.3 Å². The number of ether oxygens (including phenoxy) is 1. The highest BCUT2D eigenvalue weighted by atomic mass is 79.9. The van der Waals surface area contributed by atoms with E-state index in [2.05, 4.69) is 21.2 Å². The third-order valence-electron chi connectivity index (χ3n) is 3.03. The van der Waals surface area contributed by atoms with E-state index < -0.39 is 11.8 Å². The van der Waals surface area contributed by atoms with E-state index in [-0.39, 0.29) is 28.0 Å². The van der Waals surface area contributed by atoms with E-state index in [9.17, 15) is 14.3 Å². The topological polar surface area (TPSA) is 78.8 Å². The van der Waals surface area contributed by atoms with Gasteiger partial charge in [-0.25, -0.2) is 9.18 Å². The van der Waals surface area contributed by atoms with Gasteiger partial charge in [-0.3, -0.25) is 0 Å². The fourth-order valence-electron chi connectivity index (χ4n) is 1.92. The molecule has 0 aliphatic carbocycles. The molecule has 0 saturated heterocycles. The number of carboxylic acid groups (broad SMARTS) is 1. The molecule has 0 heterocycles. The zero-order chi connectivity index (χ0) is 16.3. The Morgan fingerprint density at radius 2 is 2.09 bits per heavy atom. The summed E-state index contributed by atoms with van der Waals surface area (Å²) in [6.45, 7) is 0.249. The van der Waals surface area contributed by atoms with Gasteiger partial charge in [-0.15, -0.1) is 0 Å². The number of aromatic carboxylic acids is 1. The van der Waals surface area contributed by atoms with Crippen molar-refractivity contribution in [1.29, 1.82) is 0 Å². The first-order chi connectivity index (χ1) is 10.4. The molecule has 5 nitrogen and oxygen atoms in total. The Morgan fingerprint density at radius 3 is 2.73 bits per heavy atom. The lowest BCUT2D eigenvalue weighted by atomic mass is 10.1. The smallest absolute Gasteiger partial charge is 0.336 e. The molecule has 3 N–H and O–H groups in total. The summed E-state index contributed by atoms with van der Waals surface area (Å²) in [5.74, 6) is -1.34. The lowest BCUT2D eigenvalue weighted by molar-refractivity contribution is 0.0695. The van der Waals surface area contributed by atoms with Crippen LogP contribution in [0, 0.1) is 5.82 Å². The quantitative estimate of drug-likeness (QED) is 0.750. The Bertz CT molecular complexity index is 721. The number of anilines is 1. The van der Waals surface area contributed by atoms with Crippen LogP contribution in [-0.4, -0.2) is 23.3 Å². The summed E-state index contributed by atoms with van der Waals surface area (Å²) in [5.41, 5.74) is 0.732. The van der Waals surface area contributed by atoms with E-state index in [4.69, 9.17) is 9.84 Å². The van der Waals surface area contributed by atoms with Gasteiger partial charge in [0.1, 0.15) is 17.3 Å². The van der Waals surface area contributed by atoms with E-state index in [0.717, 1.165) is 11.6 Å². The van der Waals surface area contributed by atoms with Crippen molar-refractivity contribution in [3.05, 3.63) is 51.7 Å². The molecule has 22 heavy (non-hydrogen) atoms. The van der Waals surface area contributed by atoms with Crippen LogP contribution in [0.4, 0.5) is 10.1 Å².